The maximum Gasteiger partial charge on any atom is 0.253 e. The molecule has 6 heteroatoms. The van der Waals surface area contributed by atoms with Gasteiger partial charge in [0.1, 0.15) is 7.85 Å². The highest BCUT2D eigenvalue weighted by Gasteiger charge is 2.18. The van der Waals surface area contributed by atoms with Crippen LogP contribution in [-0.2, 0) is 6.54 Å². The van der Waals surface area contributed by atoms with Crippen molar-refractivity contribution in [3.63, 3.8) is 0 Å². The first-order valence-corrected chi connectivity index (χ1v) is 9.99. The summed E-state index contributed by atoms with van der Waals surface area (Å²) in [7, 11) is 6.07. The summed E-state index contributed by atoms with van der Waals surface area (Å²) in [5.74, 6) is -0.226. The van der Waals surface area contributed by atoms with Crippen molar-refractivity contribution in [1.29, 1.82) is 0 Å². The zero-order valence-electron chi connectivity index (χ0n) is 16.9. The molecule has 0 bridgehead atoms. The molecule has 0 saturated heterocycles. The number of carbonyl (C=O) groups is 1. The van der Waals surface area contributed by atoms with Gasteiger partial charge in [-0.05, 0) is 56.9 Å². The van der Waals surface area contributed by atoms with Crippen LogP contribution in [0.25, 0.3) is 0 Å². The van der Waals surface area contributed by atoms with Crippen molar-refractivity contribution in [2.24, 2.45) is 0 Å². The molecule has 146 valence electrons. The van der Waals surface area contributed by atoms with Crippen LogP contribution < -0.4 is 21.7 Å². The van der Waals surface area contributed by atoms with Crippen LogP contribution in [0.1, 0.15) is 64.8 Å². The first-order chi connectivity index (χ1) is 13.3. The number of aromatic nitrogens is 1. The highest BCUT2D eigenvalue weighted by atomic mass is 16.1. The third kappa shape index (κ3) is 4.67. The molecule has 1 saturated carbocycles. The summed E-state index contributed by atoms with van der Waals surface area (Å²) in [5, 5.41) is 6.44. The first-order valence-electron chi connectivity index (χ1n) is 9.99. The zero-order chi connectivity index (χ0) is 20.3. The number of aryl methyl sites for hydroxylation is 2. The highest BCUT2D eigenvalue weighted by molar-refractivity contribution is 6.33. The van der Waals surface area contributed by atoms with Crippen molar-refractivity contribution in [3.8, 4) is 0 Å². The Balaban J connectivity index is 1.77. The van der Waals surface area contributed by atoms with Gasteiger partial charge in [-0.15, -0.1) is 0 Å². The van der Waals surface area contributed by atoms with Crippen molar-refractivity contribution >= 4 is 24.9 Å². The zero-order valence-corrected chi connectivity index (χ0v) is 16.9. The number of anilines is 1. The minimum atomic E-state index is -0.226. The van der Waals surface area contributed by atoms with Crippen molar-refractivity contribution in [2.75, 3.05) is 5.32 Å². The van der Waals surface area contributed by atoms with Gasteiger partial charge in [-0.2, -0.15) is 0 Å². The Morgan fingerprint density at radius 1 is 1.14 bits per heavy atom. The minimum Gasteiger partial charge on any atom is -0.382 e. The van der Waals surface area contributed by atoms with E-state index < -0.39 is 0 Å². The second kappa shape index (κ2) is 8.67. The molecule has 28 heavy (non-hydrogen) atoms. The summed E-state index contributed by atoms with van der Waals surface area (Å²) in [6.07, 6.45) is 6.05. The largest absolute Gasteiger partial charge is 0.382 e. The van der Waals surface area contributed by atoms with Gasteiger partial charge in [0, 0.05) is 35.1 Å². The number of hydrogen-bond acceptors (Lipinski definition) is 3. The SMILES string of the molecule is [B]c1cc(NC2CCCCC2)c(C)c(C(=O)NCc2c(C)cc(C)[nH]c2=O)c1. The van der Waals surface area contributed by atoms with E-state index in [1.54, 1.807) is 6.07 Å². The molecule has 5 nitrogen and oxygen atoms in total. The standard InChI is InChI=1S/C22H28BN3O2/c1-13-9-14(2)25-22(28)19(13)12-24-21(27)18-10-16(23)11-20(15(18)3)26-17-7-5-4-6-8-17/h9-11,17,26H,4-8,12H2,1-3H3,(H,24,27)(H,25,28). The molecule has 1 aliphatic rings. The monoisotopic (exact) mass is 377 g/mol. The Kier molecular flexibility index (Phi) is 6.27. The summed E-state index contributed by atoms with van der Waals surface area (Å²) < 4.78 is 0. The fourth-order valence-electron chi connectivity index (χ4n) is 3.95. The lowest BCUT2D eigenvalue weighted by atomic mass is 9.89. The molecular formula is C22H28BN3O2. The Bertz CT molecular complexity index is 930. The molecule has 0 spiro atoms. The number of benzene rings is 1. The van der Waals surface area contributed by atoms with E-state index >= 15 is 0 Å². The number of aromatic amines is 1. The van der Waals surface area contributed by atoms with E-state index in [9.17, 15) is 9.59 Å². The quantitative estimate of drug-likeness (QED) is 0.702. The first kappa shape index (κ1) is 20.2. The summed E-state index contributed by atoms with van der Waals surface area (Å²) >= 11 is 0. The topological polar surface area (TPSA) is 74.0 Å². The molecule has 1 heterocycles. The number of H-pyrrole nitrogens is 1. The van der Waals surface area contributed by atoms with Gasteiger partial charge in [0.25, 0.3) is 11.5 Å². The van der Waals surface area contributed by atoms with E-state index in [1.807, 2.05) is 32.9 Å². The average molecular weight is 377 g/mol. The van der Waals surface area contributed by atoms with Gasteiger partial charge in [0.05, 0.1) is 0 Å². The lowest BCUT2D eigenvalue weighted by molar-refractivity contribution is 0.0950. The number of amides is 1. The Labute approximate surface area is 167 Å². The van der Waals surface area contributed by atoms with Crippen molar-refractivity contribution in [3.05, 3.63) is 56.5 Å². The number of hydrogen-bond donors (Lipinski definition) is 3. The van der Waals surface area contributed by atoms with Crippen molar-refractivity contribution < 1.29 is 4.79 Å². The Morgan fingerprint density at radius 2 is 1.86 bits per heavy atom. The summed E-state index contributed by atoms with van der Waals surface area (Å²) in [5.41, 5.74) is 4.97. The average Bonchev–Trinajstić information content (AvgIpc) is 2.64. The van der Waals surface area contributed by atoms with Gasteiger partial charge in [-0.1, -0.05) is 30.8 Å². The molecule has 2 aromatic rings. The van der Waals surface area contributed by atoms with E-state index in [4.69, 9.17) is 7.85 Å². The number of rotatable bonds is 5. The molecule has 1 aromatic heterocycles. The van der Waals surface area contributed by atoms with Crippen LogP contribution in [0.4, 0.5) is 5.69 Å². The van der Waals surface area contributed by atoms with E-state index in [2.05, 4.69) is 15.6 Å². The van der Waals surface area contributed by atoms with E-state index in [1.165, 1.54) is 19.3 Å². The van der Waals surface area contributed by atoms with Gasteiger partial charge in [0.2, 0.25) is 0 Å². The van der Waals surface area contributed by atoms with E-state index in [-0.39, 0.29) is 18.0 Å². The molecule has 3 N–H and O–H groups in total. The lowest BCUT2D eigenvalue weighted by Gasteiger charge is -2.25. The minimum absolute atomic E-state index is 0.165. The maximum absolute atomic E-state index is 12.8. The number of pyridine rings is 1. The molecule has 0 atom stereocenters. The third-order valence-electron chi connectivity index (χ3n) is 5.56. The van der Waals surface area contributed by atoms with Crippen LogP contribution in [0.3, 0.4) is 0 Å². The molecular weight excluding hydrogens is 349 g/mol. The number of nitrogens with one attached hydrogen (secondary N) is 3. The van der Waals surface area contributed by atoms with Gasteiger partial charge in [-0.3, -0.25) is 9.59 Å². The molecule has 0 aliphatic heterocycles. The highest BCUT2D eigenvalue weighted by Crippen LogP contribution is 2.24. The van der Waals surface area contributed by atoms with E-state index in [0.717, 1.165) is 35.3 Å². The normalized spacial score (nSPS) is 14.7. The molecule has 1 amide bonds. The van der Waals surface area contributed by atoms with E-state index in [0.29, 0.717) is 22.6 Å². The van der Waals surface area contributed by atoms with Gasteiger partial charge in [0.15, 0.2) is 0 Å². The predicted molar refractivity (Wildman–Crippen MR) is 115 cm³/mol. The van der Waals surface area contributed by atoms with Crippen LogP contribution in [0.5, 0.6) is 0 Å². The van der Waals surface area contributed by atoms with Crippen molar-refractivity contribution in [1.82, 2.24) is 10.3 Å². The van der Waals surface area contributed by atoms with Crippen LogP contribution in [-0.4, -0.2) is 24.8 Å². The van der Waals surface area contributed by atoms with Crippen LogP contribution in [0.2, 0.25) is 0 Å². The summed E-state index contributed by atoms with van der Waals surface area (Å²) in [4.78, 5) is 27.8. The van der Waals surface area contributed by atoms with Crippen molar-refractivity contribution in [2.45, 2.75) is 65.5 Å². The second-order valence-corrected chi connectivity index (χ2v) is 7.85. The maximum atomic E-state index is 12.8. The molecule has 0 unspecified atom stereocenters. The Morgan fingerprint density at radius 3 is 2.54 bits per heavy atom. The third-order valence-corrected chi connectivity index (χ3v) is 5.56. The smallest absolute Gasteiger partial charge is 0.253 e. The molecule has 1 aromatic carbocycles. The molecule has 3 rings (SSSR count). The van der Waals surface area contributed by atoms with Gasteiger partial charge in [-0.25, -0.2) is 0 Å². The second-order valence-electron chi connectivity index (χ2n) is 7.85. The van der Waals surface area contributed by atoms with Crippen LogP contribution in [0, 0.1) is 20.8 Å². The van der Waals surface area contributed by atoms with Crippen LogP contribution >= 0.6 is 0 Å². The Hall–Kier alpha value is -2.50. The van der Waals surface area contributed by atoms with Gasteiger partial charge >= 0.3 is 0 Å². The molecule has 1 aliphatic carbocycles. The van der Waals surface area contributed by atoms with Gasteiger partial charge < -0.3 is 15.6 Å². The fourth-order valence-corrected chi connectivity index (χ4v) is 3.95. The summed E-state index contributed by atoms with van der Waals surface area (Å²) in [6, 6.07) is 5.93. The summed E-state index contributed by atoms with van der Waals surface area (Å²) in [6.45, 7) is 5.83. The predicted octanol–water partition coefficient (Wildman–Crippen LogP) is 2.77. The lowest BCUT2D eigenvalue weighted by Crippen LogP contribution is -2.30. The molecule has 2 radical (unpaired) electrons. The fraction of sp³-hybridized carbons (Fsp3) is 0.455. The number of carbonyl (C=O) groups excluding carboxylic acids is 1. The molecule has 1 fully saturated rings. The van der Waals surface area contributed by atoms with Crippen LogP contribution in [0.15, 0.2) is 23.0 Å².